The molecule has 0 spiro atoms. The number of carbonyl (C=O) groups excluding carboxylic acids is 2. The summed E-state index contributed by atoms with van der Waals surface area (Å²) in [5.41, 5.74) is 0. The smallest absolute Gasteiger partial charge is 0.306 e. The van der Waals surface area contributed by atoms with Crippen LogP contribution in [-0.4, -0.2) is 36.4 Å². The number of aliphatic hydroxyl groups excluding tert-OH is 1. The lowest BCUT2D eigenvalue weighted by molar-refractivity contribution is -0.161. The molecule has 5 heteroatoms. The van der Waals surface area contributed by atoms with Crippen LogP contribution in [0.3, 0.4) is 0 Å². The van der Waals surface area contributed by atoms with Crippen LogP contribution in [0.4, 0.5) is 0 Å². The van der Waals surface area contributed by atoms with Gasteiger partial charge >= 0.3 is 11.9 Å². The Hall–Kier alpha value is -3.44. The molecule has 0 aliphatic carbocycles. The zero-order valence-corrected chi connectivity index (χ0v) is 34.4. The monoisotopic (exact) mass is 747 g/mol. The minimum Gasteiger partial charge on any atom is -0.462 e. The highest BCUT2D eigenvalue weighted by Crippen LogP contribution is 2.10. The molecule has 0 radical (unpaired) electrons. The van der Waals surface area contributed by atoms with Crippen LogP contribution in [0.1, 0.15) is 168 Å². The molecule has 0 aromatic carbocycles. The largest absolute Gasteiger partial charge is 0.462 e. The molecule has 0 rings (SSSR count). The first-order valence-electron chi connectivity index (χ1n) is 21.4. The van der Waals surface area contributed by atoms with Crippen LogP contribution in [0.2, 0.25) is 0 Å². The third kappa shape index (κ3) is 41.3. The zero-order chi connectivity index (χ0) is 39.3. The van der Waals surface area contributed by atoms with E-state index in [0.29, 0.717) is 19.3 Å². The number of esters is 2. The van der Waals surface area contributed by atoms with Gasteiger partial charge in [-0.25, -0.2) is 0 Å². The van der Waals surface area contributed by atoms with Crippen LogP contribution in [0.15, 0.2) is 109 Å². The number of ether oxygens (including phenoxy) is 2. The van der Waals surface area contributed by atoms with Gasteiger partial charge < -0.3 is 14.6 Å². The van der Waals surface area contributed by atoms with Gasteiger partial charge in [-0.2, -0.15) is 0 Å². The Morgan fingerprint density at radius 2 is 0.815 bits per heavy atom. The van der Waals surface area contributed by atoms with Crippen molar-refractivity contribution < 1.29 is 24.2 Å². The third-order valence-electron chi connectivity index (χ3n) is 8.55. The van der Waals surface area contributed by atoms with Gasteiger partial charge in [0.15, 0.2) is 6.10 Å². The fourth-order valence-corrected chi connectivity index (χ4v) is 5.34. The number of rotatable bonds is 37. The van der Waals surface area contributed by atoms with Crippen LogP contribution >= 0.6 is 0 Å². The quantitative estimate of drug-likeness (QED) is 0.0389. The van der Waals surface area contributed by atoms with Gasteiger partial charge in [-0.15, -0.1) is 0 Å². The Balaban J connectivity index is 3.75. The van der Waals surface area contributed by atoms with E-state index in [4.69, 9.17) is 9.47 Å². The number of aliphatic hydroxyl groups is 1. The summed E-state index contributed by atoms with van der Waals surface area (Å²) in [6, 6.07) is 0. The molecule has 5 nitrogen and oxygen atoms in total. The van der Waals surface area contributed by atoms with E-state index < -0.39 is 6.10 Å². The molecule has 0 fully saturated rings. The van der Waals surface area contributed by atoms with Gasteiger partial charge in [0.25, 0.3) is 0 Å². The van der Waals surface area contributed by atoms with Crippen LogP contribution in [0.5, 0.6) is 0 Å². The molecule has 1 atom stereocenters. The fraction of sp³-hybridized carbons (Fsp3) is 0.592. The molecule has 0 aliphatic heterocycles. The van der Waals surface area contributed by atoms with E-state index in [0.717, 1.165) is 83.5 Å². The molecule has 0 aromatic heterocycles. The molecule has 304 valence electrons. The second-order valence-electron chi connectivity index (χ2n) is 13.7. The highest BCUT2D eigenvalue weighted by molar-refractivity contribution is 5.70. The van der Waals surface area contributed by atoms with Crippen molar-refractivity contribution in [3.8, 4) is 0 Å². The van der Waals surface area contributed by atoms with E-state index in [1.807, 2.05) is 0 Å². The zero-order valence-electron chi connectivity index (χ0n) is 34.4. The molecule has 0 amide bonds. The summed E-state index contributed by atoms with van der Waals surface area (Å²) in [4.78, 5) is 24.3. The van der Waals surface area contributed by atoms with E-state index in [1.54, 1.807) is 0 Å². The lowest BCUT2D eigenvalue weighted by Gasteiger charge is -2.15. The predicted octanol–water partition coefficient (Wildman–Crippen LogP) is 13.8. The Labute approximate surface area is 331 Å². The highest BCUT2D eigenvalue weighted by atomic mass is 16.6. The molecule has 0 aromatic rings. The Morgan fingerprint density at radius 1 is 0.444 bits per heavy atom. The van der Waals surface area contributed by atoms with Crippen molar-refractivity contribution in [1.29, 1.82) is 0 Å². The van der Waals surface area contributed by atoms with Crippen LogP contribution in [-0.2, 0) is 19.1 Å². The maximum atomic E-state index is 12.2. The molecule has 0 saturated carbocycles. The molecule has 0 saturated heterocycles. The van der Waals surface area contributed by atoms with Gasteiger partial charge in [-0.1, -0.05) is 168 Å². The van der Waals surface area contributed by atoms with Crippen molar-refractivity contribution in [2.75, 3.05) is 13.2 Å². The summed E-state index contributed by atoms with van der Waals surface area (Å²) in [5, 5.41) is 9.57. The maximum absolute atomic E-state index is 12.2. The van der Waals surface area contributed by atoms with Gasteiger partial charge in [0.1, 0.15) is 6.61 Å². The Morgan fingerprint density at radius 3 is 1.26 bits per heavy atom. The summed E-state index contributed by atoms with van der Waals surface area (Å²) in [5.74, 6) is -0.705. The summed E-state index contributed by atoms with van der Waals surface area (Å²) in [6.07, 6.45) is 63.0. The molecular formula is C49H78O5. The molecular weight excluding hydrogens is 669 g/mol. The van der Waals surface area contributed by atoms with E-state index in [-0.39, 0.29) is 25.2 Å². The minimum atomic E-state index is -0.819. The number of hydrogen-bond donors (Lipinski definition) is 1. The summed E-state index contributed by atoms with van der Waals surface area (Å²) in [7, 11) is 0. The Kier molecular flexibility index (Phi) is 41.2. The first-order valence-corrected chi connectivity index (χ1v) is 21.4. The molecule has 0 heterocycles. The lowest BCUT2D eigenvalue weighted by Crippen LogP contribution is -2.28. The van der Waals surface area contributed by atoms with Crippen molar-refractivity contribution in [2.45, 2.75) is 174 Å². The SMILES string of the molecule is CC/C=C/C/C=C/C/C=C/C/C=C/C/C=C/CCCCCC(=O)O[C@@H](CO)COC(=O)CCC/C=C/C/C=C/C/C=C/C/C=C/CCCCCCCCC. The Bertz CT molecular complexity index is 1120. The average molecular weight is 747 g/mol. The molecule has 0 aliphatic rings. The van der Waals surface area contributed by atoms with E-state index in [9.17, 15) is 14.7 Å². The standard InChI is InChI=1S/C49H78O5/c1-3-5-7-9-11-13-15-17-19-21-23-24-26-27-29-31-33-35-37-39-41-43-48(51)53-46-47(45-50)54-49(52)44-42-40-38-36-34-32-30-28-25-22-20-18-16-14-12-10-8-6-4-2/h6,8,12,14,18-21,24-26,28-29,31-32,34-35,37,47,50H,3-5,7,9-11,13,15-17,22-23,27,30,33,36,38-46H2,1-2H3/b8-6+,14-12+,20-18+,21-19+,26-24+,28-25+,31-29+,34-32+,37-35+/t47-/m0/s1. The molecule has 0 bridgehead atoms. The third-order valence-corrected chi connectivity index (χ3v) is 8.55. The summed E-state index contributed by atoms with van der Waals surface area (Å²) >= 11 is 0. The van der Waals surface area contributed by atoms with Crippen molar-refractivity contribution >= 4 is 11.9 Å². The van der Waals surface area contributed by atoms with Crippen molar-refractivity contribution in [1.82, 2.24) is 0 Å². The first kappa shape index (κ1) is 50.6. The second kappa shape index (κ2) is 44.0. The van der Waals surface area contributed by atoms with Crippen LogP contribution in [0.25, 0.3) is 0 Å². The fourth-order valence-electron chi connectivity index (χ4n) is 5.34. The number of hydrogen-bond acceptors (Lipinski definition) is 5. The first-order chi connectivity index (χ1) is 26.6. The van der Waals surface area contributed by atoms with Crippen LogP contribution in [0, 0.1) is 0 Å². The molecule has 0 unspecified atom stereocenters. The van der Waals surface area contributed by atoms with Gasteiger partial charge in [-0.3, -0.25) is 9.59 Å². The van der Waals surface area contributed by atoms with Crippen molar-refractivity contribution in [3.63, 3.8) is 0 Å². The van der Waals surface area contributed by atoms with Gasteiger partial charge in [0.05, 0.1) is 6.61 Å². The van der Waals surface area contributed by atoms with Gasteiger partial charge in [-0.05, 0) is 96.3 Å². The van der Waals surface area contributed by atoms with Gasteiger partial charge in [0, 0.05) is 12.8 Å². The topological polar surface area (TPSA) is 72.8 Å². The van der Waals surface area contributed by atoms with E-state index >= 15 is 0 Å². The predicted molar refractivity (Wildman–Crippen MR) is 232 cm³/mol. The normalized spacial score (nSPS) is 13.3. The molecule has 1 N–H and O–H groups in total. The van der Waals surface area contributed by atoms with Crippen molar-refractivity contribution in [2.24, 2.45) is 0 Å². The second-order valence-corrected chi connectivity index (χ2v) is 13.7. The van der Waals surface area contributed by atoms with Crippen LogP contribution < -0.4 is 0 Å². The number of unbranched alkanes of at least 4 members (excludes halogenated alkanes) is 11. The molecule has 54 heavy (non-hydrogen) atoms. The van der Waals surface area contributed by atoms with Gasteiger partial charge in [0.2, 0.25) is 0 Å². The summed E-state index contributed by atoms with van der Waals surface area (Å²) in [6.45, 7) is 3.93. The highest BCUT2D eigenvalue weighted by Gasteiger charge is 2.15. The average Bonchev–Trinajstić information content (AvgIpc) is 3.17. The lowest BCUT2D eigenvalue weighted by atomic mass is 10.1. The number of carbonyl (C=O) groups is 2. The van der Waals surface area contributed by atoms with Crippen molar-refractivity contribution in [3.05, 3.63) is 109 Å². The van der Waals surface area contributed by atoms with E-state index in [1.165, 1.54) is 51.4 Å². The summed E-state index contributed by atoms with van der Waals surface area (Å²) < 4.78 is 10.6. The number of allylic oxidation sites excluding steroid dienone is 18. The maximum Gasteiger partial charge on any atom is 0.306 e. The van der Waals surface area contributed by atoms with E-state index in [2.05, 4.69) is 123 Å². The minimum absolute atomic E-state index is 0.115.